The maximum absolute atomic E-state index is 10.4. The molecule has 2 unspecified atom stereocenters. The third-order valence-electron chi connectivity index (χ3n) is 3.70. The van der Waals surface area contributed by atoms with E-state index in [2.05, 4.69) is 6.92 Å². The Labute approximate surface area is 91.7 Å². The maximum Gasteiger partial charge on any atom is 0.0750 e. The summed E-state index contributed by atoms with van der Waals surface area (Å²) in [6, 6.07) is 0. The van der Waals surface area contributed by atoms with Crippen LogP contribution in [0.25, 0.3) is 0 Å². The van der Waals surface area contributed by atoms with Crippen LogP contribution >= 0.6 is 11.8 Å². The number of rotatable bonds is 2. The van der Waals surface area contributed by atoms with Crippen LogP contribution in [-0.4, -0.2) is 21.7 Å². The lowest BCUT2D eigenvalue weighted by molar-refractivity contribution is 0.0312. The van der Waals surface area contributed by atoms with Crippen LogP contribution in [0.15, 0.2) is 0 Å². The molecule has 2 heteroatoms. The Balaban J connectivity index is 1.83. The van der Waals surface area contributed by atoms with Crippen LogP contribution in [0.3, 0.4) is 0 Å². The normalized spacial score (nSPS) is 40.3. The fourth-order valence-electron chi connectivity index (χ4n) is 3.02. The van der Waals surface area contributed by atoms with Gasteiger partial charge >= 0.3 is 0 Å². The summed E-state index contributed by atoms with van der Waals surface area (Å²) in [4.78, 5) is 0. The van der Waals surface area contributed by atoms with E-state index in [0.717, 1.165) is 24.5 Å². The third kappa shape index (κ3) is 2.66. The van der Waals surface area contributed by atoms with E-state index in [4.69, 9.17) is 0 Å². The van der Waals surface area contributed by atoms with Crippen molar-refractivity contribution < 1.29 is 5.11 Å². The van der Waals surface area contributed by atoms with Gasteiger partial charge in [0.1, 0.15) is 0 Å². The smallest absolute Gasteiger partial charge is 0.0750 e. The summed E-state index contributed by atoms with van der Waals surface area (Å²) < 4.78 is 0. The molecule has 82 valence electrons. The van der Waals surface area contributed by atoms with Gasteiger partial charge in [-0.25, -0.2) is 0 Å². The van der Waals surface area contributed by atoms with Crippen LogP contribution in [0.5, 0.6) is 0 Å². The molecule has 0 spiro atoms. The zero-order valence-electron chi connectivity index (χ0n) is 9.17. The van der Waals surface area contributed by atoms with Crippen molar-refractivity contribution in [3.63, 3.8) is 0 Å². The molecule has 1 aliphatic carbocycles. The van der Waals surface area contributed by atoms with E-state index in [0.29, 0.717) is 5.25 Å². The summed E-state index contributed by atoms with van der Waals surface area (Å²) in [5.74, 6) is 1.80. The van der Waals surface area contributed by atoms with Crippen molar-refractivity contribution in [1.29, 1.82) is 0 Å². The molecule has 0 bridgehead atoms. The average Bonchev–Trinajstić information content (AvgIpc) is 2.47. The Kier molecular flexibility index (Phi) is 3.43. The van der Waals surface area contributed by atoms with Crippen LogP contribution in [0.2, 0.25) is 0 Å². The van der Waals surface area contributed by atoms with Gasteiger partial charge in [0.05, 0.1) is 5.60 Å². The molecule has 0 aromatic heterocycles. The molecule has 1 heterocycles. The standard InChI is InChI=1S/C12H22OS/c1-10-7-12(13,9-14-10)8-11-5-3-2-4-6-11/h10-11,13H,2-9H2,1H3. The monoisotopic (exact) mass is 214 g/mol. The van der Waals surface area contributed by atoms with E-state index in [1.54, 1.807) is 0 Å². The molecule has 1 saturated carbocycles. The highest BCUT2D eigenvalue weighted by Gasteiger charge is 2.37. The fourth-order valence-corrected chi connectivity index (χ4v) is 4.28. The molecule has 2 fully saturated rings. The molecule has 2 aliphatic rings. The Morgan fingerprint density at radius 1 is 1.29 bits per heavy atom. The summed E-state index contributed by atoms with van der Waals surface area (Å²) in [7, 11) is 0. The number of aliphatic hydroxyl groups is 1. The predicted octanol–water partition coefficient (Wildman–Crippen LogP) is 3.21. The number of hydrogen-bond donors (Lipinski definition) is 1. The second-order valence-corrected chi connectivity index (χ2v) is 6.68. The second-order valence-electron chi connectivity index (χ2n) is 5.26. The van der Waals surface area contributed by atoms with E-state index >= 15 is 0 Å². The average molecular weight is 214 g/mol. The highest BCUT2D eigenvalue weighted by Crippen LogP contribution is 2.41. The lowest BCUT2D eigenvalue weighted by Crippen LogP contribution is -2.32. The lowest BCUT2D eigenvalue weighted by atomic mass is 9.80. The summed E-state index contributed by atoms with van der Waals surface area (Å²) in [6.45, 7) is 2.24. The summed E-state index contributed by atoms with van der Waals surface area (Å²) in [6.07, 6.45) is 9.02. The highest BCUT2D eigenvalue weighted by atomic mass is 32.2. The van der Waals surface area contributed by atoms with Gasteiger partial charge in [0.15, 0.2) is 0 Å². The number of thioether (sulfide) groups is 1. The van der Waals surface area contributed by atoms with Crippen LogP contribution in [0.1, 0.15) is 51.9 Å². The summed E-state index contributed by atoms with van der Waals surface area (Å²) in [5, 5.41) is 11.1. The maximum atomic E-state index is 10.4. The molecule has 2 rings (SSSR count). The molecule has 1 saturated heterocycles. The molecule has 1 N–H and O–H groups in total. The predicted molar refractivity (Wildman–Crippen MR) is 62.7 cm³/mol. The Morgan fingerprint density at radius 2 is 2.00 bits per heavy atom. The van der Waals surface area contributed by atoms with Gasteiger partial charge in [-0.3, -0.25) is 0 Å². The van der Waals surface area contributed by atoms with Gasteiger partial charge in [0.25, 0.3) is 0 Å². The Morgan fingerprint density at radius 3 is 2.57 bits per heavy atom. The van der Waals surface area contributed by atoms with Gasteiger partial charge in [0.2, 0.25) is 0 Å². The van der Waals surface area contributed by atoms with Crippen molar-refractivity contribution in [1.82, 2.24) is 0 Å². The van der Waals surface area contributed by atoms with Crippen LogP contribution in [0, 0.1) is 5.92 Å². The molecule has 14 heavy (non-hydrogen) atoms. The van der Waals surface area contributed by atoms with Crippen LogP contribution < -0.4 is 0 Å². The van der Waals surface area contributed by atoms with Crippen molar-refractivity contribution >= 4 is 11.8 Å². The van der Waals surface area contributed by atoms with E-state index in [1.807, 2.05) is 11.8 Å². The molecule has 2 atom stereocenters. The topological polar surface area (TPSA) is 20.2 Å². The summed E-state index contributed by atoms with van der Waals surface area (Å²) >= 11 is 1.94. The molecule has 0 aromatic rings. The van der Waals surface area contributed by atoms with Gasteiger partial charge in [-0.05, 0) is 18.8 Å². The summed E-state index contributed by atoms with van der Waals surface area (Å²) in [5.41, 5.74) is -0.313. The number of hydrogen-bond acceptors (Lipinski definition) is 2. The van der Waals surface area contributed by atoms with E-state index in [-0.39, 0.29) is 5.60 Å². The van der Waals surface area contributed by atoms with E-state index < -0.39 is 0 Å². The highest BCUT2D eigenvalue weighted by molar-refractivity contribution is 8.00. The van der Waals surface area contributed by atoms with Crippen LogP contribution in [-0.2, 0) is 0 Å². The first-order valence-electron chi connectivity index (χ1n) is 6.02. The van der Waals surface area contributed by atoms with Crippen molar-refractivity contribution in [2.75, 3.05) is 5.75 Å². The van der Waals surface area contributed by atoms with Gasteiger partial charge in [0, 0.05) is 11.0 Å². The largest absolute Gasteiger partial charge is 0.389 e. The first-order chi connectivity index (χ1) is 6.68. The zero-order chi connectivity index (χ0) is 10.0. The third-order valence-corrected chi connectivity index (χ3v) is 5.14. The van der Waals surface area contributed by atoms with Gasteiger partial charge in [-0.15, -0.1) is 0 Å². The van der Waals surface area contributed by atoms with E-state index in [9.17, 15) is 5.11 Å². The molecule has 0 radical (unpaired) electrons. The van der Waals surface area contributed by atoms with E-state index in [1.165, 1.54) is 32.1 Å². The SMILES string of the molecule is CC1CC(O)(CC2CCCCC2)CS1. The molecular weight excluding hydrogens is 192 g/mol. The minimum absolute atomic E-state index is 0.313. The quantitative estimate of drug-likeness (QED) is 0.761. The van der Waals surface area contributed by atoms with Crippen molar-refractivity contribution in [3.05, 3.63) is 0 Å². The molecule has 1 nitrogen and oxygen atoms in total. The Hall–Kier alpha value is 0.310. The van der Waals surface area contributed by atoms with Crippen molar-refractivity contribution in [3.8, 4) is 0 Å². The minimum atomic E-state index is -0.313. The first-order valence-corrected chi connectivity index (χ1v) is 7.07. The zero-order valence-corrected chi connectivity index (χ0v) is 9.98. The van der Waals surface area contributed by atoms with Gasteiger partial charge in [-0.2, -0.15) is 11.8 Å². The molecular formula is C12H22OS. The van der Waals surface area contributed by atoms with Crippen LogP contribution in [0.4, 0.5) is 0 Å². The molecule has 1 aliphatic heterocycles. The fraction of sp³-hybridized carbons (Fsp3) is 1.00. The molecule has 0 amide bonds. The van der Waals surface area contributed by atoms with Gasteiger partial charge < -0.3 is 5.11 Å². The van der Waals surface area contributed by atoms with Gasteiger partial charge in [-0.1, -0.05) is 39.0 Å². The second kappa shape index (κ2) is 4.44. The Bertz CT molecular complexity index is 189. The van der Waals surface area contributed by atoms with Crippen molar-refractivity contribution in [2.45, 2.75) is 62.7 Å². The molecule has 0 aromatic carbocycles. The minimum Gasteiger partial charge on any atom is -0.389 e. The van der Waals surface area contributed by atoms with Crippen molar-refractivity contribution in [2.24, 2.45) is 5.92 Å². The first kappa shape index (κ1) is 10.8. The lowest BCUT2D eigenvalue weighted by Gasteiger charge is -2.30.